The normalized spacial score (nSPS) is 23.2. The number of nitrogens with zero attached hydrogens (tertiary/aromatic N) is 1. The molecule has 0 spiro atoms. The van der Waals surface area contributed by atoms with Crippen LogP contribution in [-0.4, -0.2) is 28.8 Å². The van der Waals surface area contributed by atoms with E-state index in [2.05, 4.69) is 9.36 Å². The van der Waals surface area contributed by atoms with Gasteiger partial charge in [0.1, 0.15) is 0 Å². The number of carbonyl (C=O) groups is 4. The number of amides is 2. The Morgan fingerprint density at radius 1 is 1.28 bits per heavy atom. The fourth-order valence-corrected chi connectivity index (χ4v) is 1.97. The summed E-state index contributed by atoms with van der Waals surface area (Å²) in [6.45, 7) is 0. The fraction of sp³-hybridized carbons (Fsp3) is 0.600. The second-order valence-corrected chi connectivity index (χ2v) is 4.63. The molecule has 1 heterocycles. The molecule has 2 rings (SSSR count). The SMILES string of the molecule is O=C(OP)C(=O)ON1C(=O)CC(CC2CC2)C1=O. The van der Waals surface area contributed by atoms with Gasteiger partial charge in [-0.2, -0.15) is 0 Å². The average Bonchev–Trinajstić information content (AvgIpc) is 3.12. The van der Waals surface area contributed by atoms with E-state index in [9.17, 15) is 19.2 Å². The minimum Gasteiger partial charge on any atom is -0.443 e. The van der Waals surface area contributed by atoms with E-state index >= 15 is 0 Å². The number of hydrogen-bond acceptors (Lipinski definition) is 6. The van der Waals surface area contributed by atoms with Crippen molar-refractivity contribution in [2.45, 2.75) is 25.7 Å². The third kappa shape index (κ3) is 2.67. The zero-order chi connectivity index (χ0) is 13.3. The van der Waals surface area contributed by atoms with E-state index in [1.165, 1.54) is 0 Å². The lowest BCUT2D eigenvalue weighted by molar-refractivity contribution is -0.200. The Labute approximate surface area is 105 Å². The van der Waals surface area contributed by atoms with Crippen LogP contribution in [0.15, 0.2) is 0 Å². The first-order valence-electron chi connectivity index (χ1n) is 5.52. The Morgan fingerprint density at radius 2 is 1.94 bits per heavy atom. The van der Waals surface area contributed by atoms with Gasteiger partial charge in [0.05, 0.1) is 15.4 Å². The average molecular weight is 273 g/mol. The Hall–Kier alpha value is -1.49. The van der Waals surface area contributed by atoms with Crippen LogP contribution >= 0.6 is 9.47 Å². The summed E-state index contributed by atoms with van der Waals surface area (Å²) in [5.41, 5.74) is 0. The quantitative estimate of drug-likeness (QED) is 0.407. The molecule has 1 saturated heterocycles. The van der Waals surface area contributed by atoms with E-state index < -0.39 is 29.7 Å². The summed E-state index contributed by atoms with van der Waals surface area (Å²) in [6, 6.07) is 0. The Bertz CT molecular complexity index is 419. The molecule has 8 heteroatoms. The molecule has 2 amide bonds. The van der Waals surface area contributed by atoms with Crippen LogP contribution in [0.5, 0.6) is 0 Å². The van der Waals surface area contributed by atoms with Crippen LogP contribution in [0, 0.1) is 11.8 Å². The van der Waals surface area contributed by atoms with Gasteiger partial charge in [-0.05, 0) is 12.3 Å². The van der Waals surface area contributed by atoms with Crippen LogP contribution in [0.2, 0.25) is 0 Å². The van der Waals surface area contributed by atoms with Crippen LogP contribution in [0.3, 0.4) is 0 Å². The van der Waals surface area contributed by atoms with Gasteiger partial charge in [0.25, 0.3) is 11.8 Å². The smallest absolute Gasteiger partial charge is 0.442 e. The van der Waals surface area contributed by atoms with Gasteiger partial charge in [0.15, 0.2) is 0 Å². The summed E-state index contributed by atoms with van der Waals surface area (Å²) in [7, 11) is 1.59. The molecule has 7 nitrogen and oxygen atoms in total. The van der Waals surface area contributed by atoms with Crippen LogP contribution in [0.4, 0.5) is 0 Å². The first-order chi connectivity index (χ1) is 8.52. The molecule has 2 unspecified atom stereocenters. The zero-order valence-electron chi connectivity index (χ0n) is 9.46. The van der Waals surface area contributed by atoms with Crippen LogP contribution < -0.4 is 0 Å². The number of imide groups is 1. The molecule has 2 aliphatic rings. The third-order valence-electron chi connectivity index (χ3n) is 2.96. The molecule has 0 bridgehead atoms. The molecule has 18 heavy (non-hydrogen) atoms. The molecule has 1 aliphatic carbocycles. The first kappa shape index (κ1) is 13.0. The van der Waals surface area contributed by atoms with Crippen LogP contribution in [-0.2, 0) is 28.5 Å². The van der Waals surface area contributed by atoms with Gasteiger partial charge in [0, 0.05) is 6.42 Å². The van der Waals surface area contributed by atoms with Gasteiger partial charge >= 0.3 is 11.9 Å². The molecule has 0 aromatic rings. The summed E-state index contributed by atoms with van der Waals surface area (Å²) in [6.07, 6.45) is 2.79. The van der Waals surface area contributed by atoms with Crippen molar-refractivity contribution in [2.75, 3.05) is 0 Å². The van der Waals surface area contributed by atoms with E-state index in [1.54, 1.807) is 9.47 Å². The summed E-state index contributed by atoms with van der Waals surface area (Å²) in [5.74, 6) is -3.79. The van der Waals surface area contributed by atoms with Crippen LogP contribution in [0.25, 0.3) is 0 Å². The fourth-order valence-electron chi connectivity index (χ4n) is 1.87. The van der Waals surface area contributed by atoms with Gasteiger partial charge in [-0.1, -0.05) is 12.8 Å². The Balaban J connectivity index is 1.95. The van der Waals surface area contributed by atoms with E-state index in [0.717, 1.165) is 12.8 Å². The highest BCUT2D eigenvalue weighted by molar-refractivity contribution is 7.11. The van der Waals surface area contributed by atoms with E-state index in [1.807, 2.05) is 0 Å². The number of hydrogen-bond donors (Lipinski definition) is 0. The van der Waals surface area contributed by atoms with E-state index in [0.29, 0.717) is 17.4 Å². The van der Waals surface area contributed by atoms with Gasteiger partial charge < -0.3 is 9.36 Å². The molecule has 1 aliphatic heterocycles. The highest BCUT2D eigenvalue weighted by atomic mass is 31.0. The van der Waals surface area contributed by atoms with Crippen molar-refractivity contribution < 1.29 is 28.5 Å². The van der Waals surface area contributed by atoms with E-state index in [4.69, 9.17) is 0 Å². The van der Waals surface area contributed by atoms with Crippen molar-refractivity contribution >= 4 is 33.2 Å². The molecule has 2 atom stereocenters. The minimum atomic E-state index is -1.39. The lowest BCUT2D eigenvalue weighted by Gasteiger charge is -2.12. The largest absolute Gasteiger partial charge is 0.443 e. The summed E-state index contributed by atoms with van der Waals surface area (Å²) in [4.78, 5) is 49.7. The van der Waals surface area contributed by atoms with E-state index in [-0.39, 0.29) is 6.42 Å². The molecule has 0 N–H and O–H groups in total. The maximum atomic E-state index is 11.8. The Kier molecular flexibility index (Phi) is 3.61. The standard InChI is InChI=1S/C10H12NO6P/c12-7-4-6(3-5-1-2-5)8(13)11(7)16-9(14)10(15)17-18/h5-6H,1-4,18H2. The molecule has 1 saturated carbocycles. The van der Waals surface area contributed by atoms with Crippen molar-refractivity contribution in [1.29, 1.82) is 0 Å². The first-order valence-corrected chi connectivity index (χ1v) is 6.00. The summed E-state index contributed by atoms with van der Waals surface area (Å²) >= 11 is 0. The molecular weight excluding hydrogens is 261 g/mol. The predicted molar refractivity (Wildman–Crippen MR) is 59.2 cm³/mol. The monoisotopic (exact) mass is 273 g/mol. The van der Waals surface area contributed by atoms with Crippen molar-refractivity contribution in [3.63, 3.8) is 0 Å². The topological polar surface area (TPSA) is 90.0 Å². The van der Waals surface area contributed by atoms with Crippen molar-refractivity contribution in [3.05, 3.63) is 0 Å². The molecule has 2 fully saturated rings. The maximum Gasteiger partial charge on any atom is 0.442 e. The molecular formula is C10H12NO6P. The summed E-state index contributed by atoms with van der Waals surface area (Å²) < 4.78 is 4.05. The van der Waals surface area contributed by atoms with Gasteiger partial charge in [-0.3, -0.25) is 9.59 Å². The lowest BCUT2D eigenvalue weighted by atomic mass is 10.0. The van der Waals surface area contributed by atoms with Gasteiger partial charge in [0.2, 0.25) is 0 Å². The second kappa shape index (κ2) is 5.02. The molecule has 0 aromatic heterocycles. The highest BCUT2D eigenvalue weighted by Crippen LogP contribution is 2.38. The highest BCUT2D eigenvalue weighted by Gasteiger charge is 2.44. The third-order valence-corrected chi connectivity index (χ3v) is 3.17. The van der Waals surface area contributed by atoms with Crippen molar-refractivity contribution in [1.82, 2.24) is 5.06 Å². The van der Waals surface area contributed by atoms with Crippen molar-refractivity contribution in [2.24, 2.45) is 11.8 Å². The lowest BCUT2D eigenvalue weighted by Crippen LogP contribution is -2.36. The van der Waals surface area contributed by atoms with Gasteiger partial charge in [-0.15, -0.1) is 5.06 Å². The Morgan fingerprint density at radius 3 is 2.50 bits per heavy atom. The van der Waals surface area contributed by atoms with Gasteiger partial charge in [-0.25, -0.2) is 9.59 Å². The minimum absolute atomic E-state index is 0.0263. The number of hydroxylamine groups is 2. The summed E-state index contributed by atoms with van der Waals surface area (Å²) in [5, 5.41) is 0.372. The van der Waals surface area contributed by atoms with Crippen molar-refractivity contribution in [3.8, 4) is 0 Å². The molecule has 0 aromatic carbocycles. The zero-order valence-corrected chi connectivity index (χ0v) is 10.6. The second-order valence-electron chi connectivity index (χ2n) is 4.39. The van der Waals surface area contributed by atoms with Crippen LogP contribution in [0.1, 0.15) is 25.7 Å². The number of rotatable bonds is 3. The predicted octanol–water partition coefficient (Wildman–Crippen LogP) is -0.0469. The maximum absolute atomic E-state index is 11.8. The molecule has 0 radical (unpaired) electrons. The number of carbonyl (C=O) groups excluding carboxylic acids is 4. The molecule has 98 valence electrons.